The summed E-state index contributed by atoms with van der Waals surface area (Å²) in [5.74, 6) is 2.04. The standard InChI is InChI=1S/C27H38O4/c1-8-27(9-2,25-16-19(3)15-22(28)11-10-14-30-25)21-12-13-23(20(4)17-21)31-18-24(29)26(5,6)7/h10-13,15-17,19,28H,8-9,14,18H2,1-7H3/b11-10-,22-15+,25-16-. The van der Waals surface area contributed by atoms with E-state index in [9.17, 15) is 9.90 Å². The average Bonchev–Trinajstić information content (AvgIpc) is 2.78. The maximum Gasteiger partial charge on any atom is 0.175 e. The van der Waals surface area contributed by atoms with Gasteiger partial charge in [-0.3, -0.25) is 4.79 Å². The van der Waals surface area contributed by atoms with Crippen molar-refractivity contribution in [3.8, 4) is 5.75 Å². The van der Waals surface area contributed by atoms with Gasteiger partial charge in [0.25, 0.3) is 0 Å². The highest BCUT2D eigenvalue weighted by atomic mass is 16.5. The summed E-state index contributed by atoms with van der Waals surface area (Å²) in [5.41, 5.74) is 1.47. The molecule has 0 bridgehead atoms. The number of ether oxygens (including phenoxy) is 2. The van der Waals surface area contributed by atoms with Crippen molar-refractivity contribution in [1.29, 1.82) is 0 Å². The van der Waals surface area contributed by atoms with E-state index in [1.807, 2.05) is 52.8 Å². The van der Waals surface area contributed by atoms with E-state index >= 15 is 0 Å². The zero-order valence-corrected chi connectivity index (χ0v) is 20.1. The molecule has 1 unspecified atom stereocenters. The van der Waals surface area contributed by atoms with Crippen LogP contribution in [-0.2, 0) is 14.9 Å². The molecular weight excluding hydrogens is 388 g/mol. The van der Waals surface area contributed by atoms with Crippen molar-refractivity contribution >= 4 is 5.78 Å². The van der Waals surface area contributed by atoms with Crippen LogP contribution in [0, 0.1) is 18.3 Å². The molecule has 0 amide bonds. The first-order chi connectivity index (χ1) is 14.5. The molecule has 0 spiro atoms. The average molecular weight is 427 g/mol. The Morgan fingerprint density at radius 2 is 1.87 bits per heavy atom. The quantitative estimate of drug-likeness (QED) is 0.534. The Kier molecular flexibility index (Phi) is 8.16. The van der Waals surface area contributed by atoms with Gasteiger partial charge in [-0.2, -0.15) is 0 Å². The molecule has 0 saturated carbocycles. The number of rotatable bonds is 7. The Bertz CT molecular complexity index is 864. The maximum absolute atomic E-state index is 12.2. The second-order valence-corrected chi connectivity index (χ2v) is 9.43. The monoisotopic (exact) mass is 426 g/mol. The summed E-state index contributed by atoms with van der Waals surface area (Å²) < 4.78 is 12.1. The number of Topliss-reactive ketones (excluding diaryl/α,β-unsaturated/α-hetero) is 1. The molecule has 1 N–H and O–H groups in total. The largest absolute Gasteiger partial charge is 0.508 e. The number of allylic oxidation sites excluding steroid dienone is 4. The van der Waals surface area contributed by atoms with Gasteiger partial charge in [-0.05, 0) is 67.2 Å². The first-order valence-electron chi connectivity index (χ1n) is 11.2. The molecule has 0 saturated heterocycles. The Hall–Kier alpha value is -2.49. The molecule has 170 valence electrons. The van der Waals surface area contributed by atoms with E-state index in [1.54, 1.807) is 6.08 Å². The molecule has 4 nitrogen and oxygen atoms in total. The summed E-state index contributed by atoms with van der Waals surface area (Å²) in [6, 6.07) is 6.20. The van der Waals surface area contributed by atoms with Crippen molar-refractivity contribution in [2.75, 3.05) is 13.2 Å². The van der Waals surface area contributed by atoms with Gasteiger partial charge in [0.05, 0.1) is 5.41 Å². The molecule has 1 aromatic carbocycles. The lowest BCUT2D eigenvalue weighted by Gasteiger charge is -2.35. The zero-order valence-electron chi connectivity index (χ0n) is 20.1. The number of aliphatic hydroxyl groups is 1. The normalized spacial score (nSPS) is 22.0. The van der Waals surface area contributed by atoms with E-state index in [0.717, 1.165) is 29.9 Å². The predicted molar refractivity (Wildman–Crippen MR) is 126 cm³/mol. The van der Waals surface area contributed by atoms with E-state index in [2.05, 4.69) is 32.1 Å². The highest BCUT2D eigenvalue weighted by Gasteiger charge is 2.35. The van der Waals surface area contributed by atoms with Gasteiger partial charge >= 0.3 is 0 Å². The van der Waals surface area contributed by atoms with Crippen LogP contribution in [0.15, 0.2) is 54.0 Å². The smallest absolute Gasteiger partial charge is 0.175 e. The van der Waals surface area contributed by atoms with Crippen LogP contribution in [0.4, 0.5) is 0 Å². The lowest BCUT2D eigenvalue weighted by atomic mass is 9.73. The third kappa shape index (κ3) is 6.03. The molecule has 1 aliphatic heterocycles. The van der Waals surface area contributed by atoms with Gasteiger partial charge in [0.1, 0.15) is 30.5 Å². The van der Waals surface area contributed by atoms with Gasteiger partial charge in [0.15, 0.2) is 5.78 Å². The van der Waals surface area contributed by atoms with Crippen LogP contribution in [0.2, 0.25) is 0 Å². The molecule has 31 heavy (non-hydrogen) atoms. The molecule has 1 aliphatic rings. The number of aliphatic hydroxyl groups excluding tert-OH is 1. The molecule has 1 heterocycles. The minimum atomic E-state index is -0.415. The van der Waals surface area contributed by atoms with Crippen LogP contribution in [0.3, 0.4) is 0 Å². The van der Waals surface area contributed by atoms with Gasteiger partial charge in [0, 0.05) is 5.41 Å². The number of carbonyl (C=O) groups excluding carboxylic acids is 1. The lowest BCUT2D eigenvalue weighted by molar-refractivity contribution is -0.128. The van der Waals surface area contributed by atoms with Crippen LogP contribution in [0.25, 0.3) is 0 Å². The van der Waals surface area contributed by atoms with Crippen LogP contribution >= 0.6 is 0 Å². The zero-order chi connectivity index (χ0) is 23.2. The third-order valence-corrected chi connectivity index (χ3v) is 6.07. The van der Waals surface area contributed by atoms with Gasteiger partial charge in [-0.1, -0.05) is 53.7 Å². The molecule has 2 rings (SSSR count). The Balaban J connectivity index is 2.38. The fourth-order valence-corrected chi connectivity index (χ4v) is 3.88. The van der Waals surface area contributed by atoms with E-state index < -0.39 is 5.41 Å². The highest BCUT2D eigenvalue weighted by Crippen LogP contribution is 2.42. The van der Waals surface area contributed by atoms with Crippen LogP contribution in [0.1, 0.15) is 65.5 Å². The molecule has 1 aromatic rings. The molecule has 0 aromatic heterocycles. The summed E-state index contributed by atoms with van der Waals surface area (Å²) in [4.78, 5) is 12.2. The highest BCUT2D eigenvalue weighted by molar-refractivity contribution is 5.85. The summed E-state index contributed by atoms with van der Waals surface area (Å²) in [6.45, 7) is 14.6. The van der Waals surface area contributed by atoms with Crippen LogP contribution in [0.5, 0.6) is 5.75 Å². The van der Waals surface area contributed by atoms with Crippen molar-refractivity contribution in [2.45, 2.75) is 66.7 Å². The first-order valence-corrected chi connectivity index (χ1v) is 11.2. The topological polar surface area (TPSA) is 55.8 Å². The number of hydrogen-bond acceptors (Lipinski definition) is 4. The second kappa shape index (κ2) is 10.2. The molecule has 0 radical (unpaired) electrons. The Morgan fingerprint density at radius 1 is 1.19 bits per heavy atom. The molecule has 1 atom stereocenters. The summed E-state index contributed by atoms with van der Waals surface area (Å²) >= 11 is 0. The summed E-state index contributed by atoms with van der Waals surface area (Å²) in [7, 11) is 0. The Morgan fingerprint density at radius 3 is 2.45 bits per heavy atom. The van der Waals surface area contributed by atoms with Crippen LogP contribution < -0.4 is 4.74 Å². The second-order valence-electron chi connectivity index (χ2n) is 9.43. The van der Waals surface area contributed by atoms with Gasteiger partial charge < -0.3 is 14.6 Å². The lowest BCUT2D eigenvalue weighted by Crippen LogP contribution is -2.29. The van der Waals surface area contributed by atoms with Crippen molar-refractivity contribution in [3.05, 3.63) is 65.1 Å². The summed E-state index contributed by atoms with van der Waals surface area (Å²) in [6.07, 6.45) is 9.21. The van der Waals surface area contributed by atoms with Crippen molar-refractivity contribution in [2.24, 2.45) is 11.3 Å². The maximum atomic E-state index is 12.2. The van der Waals surface area contributed by atoms with Crippen LogP contribution in [-0.4, -0.2) is 24.1 Å². The number of benzene rings is 1. The molecular formula is C27H38O4. The van der Waals surface area contributed by atoms with E-state index in [0.29, 0.717) is 6.61 Å². The minimum absolute atomic E-state index is 0.0438. The summed E-state index contributed by atoms with van der Waals surface area (Å²) in [5, 5.41) is 9.99. The van der Waals surface area contributed by atoms with Gasteiger partial charge in [0.2, 0.25) is 0 Å². The minimum Gasteiger partial charge on any atom is -0.508 e. The fourth-order valence-electron chi connectivity index (χ4n) is 3.88. The number of carbonyl (C=O) groups is 1. The predicted octanol–water partition coefficient (Wildman–Crippen LogP) is 6.60. The van der Waals surface area contributed by atoms with Gasteiger partial charge in [-0.15, -0.1) is 0 Å². The van der Waals surface area contributed by atoms with Crippen molar-refractivity contribution in [3.63, 3.8) is 0 Å². The molecule has 0 fully saturated rings. The molecule has 4 heteroatoms. The number of aryl methyl sites for hydroxylation is 1. The van der Waals surface area contributed by atoms with E-state index in [1.165, 1.54) is 5.56 Å². The SMILES string of the molecule is CCC(CC)(/C1=C/C(C)/C=C(O)\C=C/CO1)c1ccc(OCC(=O)C(C)(C)C)c(C)c1. The van der Waals surface area contributed by atoms with Crippen molar-refractivity contribution < 1.29 is 19.4 Å². The van der Waals surface area contributed by atoms with Crippen molar-refractivity contribution in [1.82, 2.24) is 0 Å². The van der Waals surface area contributed by atoms with E-state index in [-0.39, 0.29) is 29.5 Å². The number of ketones is 1. The number of hydrogen-bond donors (Lipinski definition) is 1. The molecule has 0 aliphatic carbocycles. The fraction of sp³-hybridized carbons (Fsp3) is 0.519. The van der Waals surface area contributed by atoms with E-state index in [4.69, 9.17) is 9.47 Å². The Labute approximate surface area is 187 Å². The third-order valence-electron chi connectivity index (χ3n) is 6.07. The first kappa shape index (κ1) is 24.8. The van der Waals surface area contributed by atoms with Gasteiger partial charge in [-0.25, -0.2) is 0 Å².